The van der Waals surface area contributed by atoms with E-state index in [2.05, 4.69) is 49.9 Å². The van der Waals surface area contributed by atoms with E-state index >= 15 is 0 Å². The first-order chi connectivity index (χ1) is 9.97. The Morgan fingerprint density at radius 2 is 1.90 bits per heavy atom. The van der Waals surface area contributed by atoms with Crippen molar-refractivity contribution in [1.82, 2.24) is 15.1 Å². The third kappa shape index (κ3) is 4.20. The van der Waals surface area contributed by atoms with Crippen LogP contribution in [0.3, 0.4) is 0 Å². The number of rotatable bonds is 5. The highest BCUT2D eigenvalue weighted by Gasteiger charge is 2.39. The fraction of sp³-hybridized carbons (Fsp3) is 1.00. The van der Waals surface area contributed by atoms with Crippen LogP contribution in [0.25, 0.3) is 0 Å². The lowest BCUT2D eigenvalue weighted by Crippen LogP contribution is -2.63. The van der Waals surface area contributed by atoms with Gasteiger partial charge in [-0.25, -0.2) is 0 Å². The first kappa shape index (κ1) is 17.2. The molecule has 2 fully saturated rings. The van der Waals surface area contributed by atoms with E-state index in [9.17, 15) is 0 Å². The van der Waals surface area contributed by atoms with Gasteiger partial charge in [0.25, 0.3) is 0 Å². The molecular formula is C18H37N3. The van der Waals surface area contributed by atoms with Gasteiger partial charge in [-0.15, -0.1) is 0 Å². The predicted octanol–water partition coefficient (Wildman–Crippen LogP) is 2.96. The molecule has 1 heterocycles. The van der Waals surface area contributed by atoms with Gasteiger partial charge >= 0.3 is 0 Å². The average Bonchev–Trinajstić information content (AvgIpc) is 2.47. The van der Waals surface area contributed by atoms with Gasteiger partial charge in [0.15, 0.2) is 0 Å². The molecule has 21 heavy (non-hydrogen) atoms. The molecule has 0 spiro atoms. The number of hydrogen-bond acceptors (Lipinski definition) is 3. The minimum absolute atomic E-state index is 0.312. The highest BCUT2D eigenvalue weighted by molar-refractivity contribution is 4.97. The van der Waals surface area contributed by atoms with Crippen molar-refractivity contribution in [3.05, 3.63) is 0 Å². The van der Waals surface area contributed by atoms with Crippen molar-refractivity contribution in [2.45, 2.75) is 77.4 Å². The zero-order chi connectivity index (χ0) is 15.5. The Morgan fingerprint density at radius 1 is 1.14 bits per heavy atom. The van der Waals surface area contributed by atoms with Gasteiger partial charge in [-0.2, -0.15) is 0 Å². The Kier molecular flexibility index (Phi) is 6.10. The Morgan fingerprint density at radius 3 is 2.52 bits per heavy atom. The number of hydrogen-bond donors (Lipinski definition) is 1. The number of nitrogens with one attached hydrogen (secondary N) is 1. The van der Waals surface area contributed by atoms with Crippen molar-refractivity contribution in [3.8, 4) is 0 Å². The van der Waals surface area contributed by atoms with E-state index < -0.39 is 0 Å². The van der Waals surface area contributed by atoms with Crippen LogP contribution < -0.4 is 5.32 Å². The summed E-state index contributed by atoms with van der Waals surface area (Å²) in [6.07, 6.45) is 6.79. The zero-order valence-corrected chi connectivity index (χ0v) is 15.0. The SMILES string of the molecule is CCCNC1CCC(CC)CC1N1CCN(C)C(C)(C)C1. The lowest BCUT2D eigenvalue weighted by molar-refractivity contribution is -0.00877. The van der Waals surface area contributed by atoms with E-state index in [0.29, 0.717) is 11.6 Å². The van der Waals surface area contributed by atoms with Crippen LogP contribution in [0.5, 0.6) is 0 Å². The summed E-state index contributed by atoms with van der Waals surface area (Å²) in [5.41, 5.74) is 0.312. The highest BCUT2D eigenvalue weighted by atomic mass is 15.3. The quantitative estimate of drug-likeness (QED) is 0.841. The molecule has 1 saturated heterocycles. The molecule has 124 valence electrons. The van der Waals surface area contributed by atoms with Gasteiger partial charge in [0, 0.05) is 37.3 Å². The average molecular weight is 296 g/mol. The Balaban J connectivity index is 2.04. The van der Waals surface area contributed by atoms with Crippen molar-refractivity contribution in [2.75, 3.05) is 33.2 Å². The van der Waals surface area contributed by atoms with Gasteiger partial charge in [-0.3, -0.25) is 9.80 Å². The van der Waals surface area contributed by atoms with Crippen molar-refractivity contribution in [1.29, 1.82) is 0 Å². The molecule has 2 rings (SSSR count). The summed E-state index contributed by atoms with van der Waals surface area (Å²) in [7, 11) is 2.28. The third-order valence-electron chi connectivity index (χ3n) is 5.97. The predicted molar refractivity (Wildman–Crippen MR) is 91.8 cm³/mol. The number of piperazine rings is 1. The summed E-state index contributed by atoms with van der Waals surface area (Å²) in [5.74, 6) is 0.942. The third-order valence-corrected chi connectivity index (χ3v) is 5.97. The molecule has 0 aromatic heterocycles. The van der Waals surface area contributed by atoms with E-state index in [0.717, 1.165) is 12.0 Å². The van der Waals surface area contributed by atoms with Gasteiger partial charge in [-0.05, 0) is 59.0 Å². The number of likely N-dealkylation sites (N-methyl/N-ethyl adjacent to an activating group) is 1. The Hall–Kier alpha value is -0.120. The molecule has 1 aliphatic heterocycles. The molecule has 3 atom stereocenters. The molecule has 1 saturated carbocycles. The number of nitrogens with zero attached hydrogens (tertiary/aromatic N) is 2. The summed E-state index contributed by atoms with van der Waals surface area (Å²) < 4.78 is 0. The first-order valence-corrected chi connectivity index (χ1v) is 9.16. The second-order valence-corrected chi connectivity index (χ2v) is 7.92. The van der Waals surface area contributed by atoms with E-state index in [4.69, 9.17) is 0 Å². The van der Waals surface area contributed by atoms with E-state index in [1.165, 1.54) is 58.3 Å². The smallest absolute Gasteiger partial charge is 0.0277 e. The van der Waals surface area contributed by atoms with Crippen LogP contribution >= 0.6 is 0 Å². The maximum absolute atomic E-state index is 3.85. The van der Waals surface area contributed by atoms with Crippen molar-refractivity contribution >= 4 is 0 Å². The molecule has 0 amide bonds. The second-order valence-electron chi connectivity index (χ2n) is 7.92. The fourth-order valence-corrected chi connectivity index (χ4v) is 4.13. The molecule has 3 unspecified atom stereocenters. The summed E-state index contributed by atoms with van der Waals surface area (Å²) in [6.45, 7) is 14.3. The summed E-state index contributed by atoms with van der Waals surface area (Å²) >= 11 is 0. The summed E-state index contributed by atoms with van der Waals surface area (Å²) in [4.78, 5) is 5.33. The minimum atomic E-state index is 0.312. The summed E-state index contributed by atoms with van der Waals surface area (Å²) in [6, 6.07) is 1.47. The van der Waals surface area contributed by atoms with Gasteiger partial charge in [0.1, 0.15) is 0 Å². The van der Waals surface area contributed by atoms with Crippen LogP contribution in [0.15, 0.2) is 0 Å². The molecule has 0 bridgehead atoms. The molecule has 1 aliphatic carbocycles. The van der Waals surface area contributed by atoms with E-state index in [-0.39, 0.29) is 0 Å². The summed E-state index contributed by atoms with van der Waals surface area (Å²) in [5, 5.41) is 3.85. The molecule has 3 heteroatoms. The lowest BCUT2D eigenvalue weighted by atomic mass is 9.79. The van der Waals surface area contributed by atoms with Crippen LogP contribution in [-0.2, 0) is 0 Å². The largest absolute Gasteiger partial charge is 0.312 e. The van der Waals surface area contributed by atoms with E-state index in [1.807, 2.05) is 0 Å². The lowest BCUT2D eigenvalue weighted by Gasteiger charge is -2.51. The van der Waals surface area contributed by atoms with Crippen LogP contribution in [0.1, 0.15) is 59.8 Å². The standard InChI is InChI=1S/C18H37N3/c1-6-10-19-16-9-8-15(7-2)13-17(16)21-12-11-20(5)18(3,4)14-21/h15-17,19H,6-14H2,1-5H3. The highest BCUT2D eigenvalue weighted by Crippen LogP contribution is 2.32. The maximum Gasteiger partial charge on any atom is 0.0277 e. The monoisotopic (exact) mass is 295 g/mol. The fourth-order valence-electron chi connectivity index (χ4n) is 4.13. The topological polar surface area (TPSA) is 18.5 Å². The molecule has 0 aromatic rings. The maximum atomic E-state index is 3.85. The molecule has 1 N–H and O–H groups in total. The van der Waals surface area contributed by atoms with Crippen LogP contribution in [-0.4, -0.2) is 60.6 Å². The zero-order valence-electron chi connectivity index (χ0n) is 15.0. The molecular weight excluding hydrogens is 258 g/mol. The normalized spacial score (nSPS) is 35.0. The molecule has 0 aromatic carbocycles. The minimum Gasteiger partial charge on any atom is -0.312 e. The van der Waals surface area contributed by atoms with Gasteiger partial charge in [-0.1, -0.05) is 20.3 Å². The molecule has 2 aliphatic rings. The van der Waals surface area contributed by atoms with Crippen molar-refractivity contribution < 1.29 is 0 Å². The van der Waals surface area contributed by atoms with Crippen LogP contribution in [0.2, 0.25) is 0 Å². The first-order valence-electron chi connectivity index (χ1n) is 9.16. The van der Waals surface area contributed by atoms with Crippen molar-refractivity contribution in [2.24, 2.45) is 5.92 Å². The Labute approximate surface area is 132 Å². The Bertz CT molecular complexity index is 316. The molecule has 0 radical (unpaired) electrons. The van der Waals surface area contributed by atoms with Gasteiger partial charge in [0.2, 0.25) is 0 Å². The van der Waals surface area contributed by atoms with Gasteiger partial charge in [0.05, 0.1) is 0 Å². The van der Waals surface area contributed by atoms with Gasteiger partial charge < -0.3 is 5.32 Å². The molecule has 3 nitrogen and oxygen atoms in total. The van der Waals surface area contributed by atoms with E-state index in [1.54, 1.807) is 0 Å². The van der Waals surface area contributed by atoms with Crippen LogP contribution in [0.4, 0.5) is 0 Å². The van der Waals surface area contributed by atoms with Crippen LogP contribution in [0, 0.1) is 5.92 Å². The van der Waals surface area contributed by atoms with Crippen molar-refractivity contribution in [3.63, 3.8) is 0 Å². The second kappa shape index (κ2) is 7.43.